The van der Waals surface area contributed by atoms with Crippen molar-refractivity contribution < 1.29 is 44.6 Å². The Labute approximate surface area is 192 Å². The minimum atomic E-state index is -3.62. The molecule has 1 atom stereocenters. The second kappa shape index (κ2) is 11.9. The molecule has 1 aliphatic rings. The van der Waals surface area contributed by atoms with Crippen LogP contribution >= 0.6 is 0 Å². The van der Waals surface area contributed by atoms with Crippen LogP contribution in [0.5, 0.6) is 0 Å². The maximum atomic E-state index is 14.6. The number of fused-ring (bicyclic) bond motifs is 1. The minimum Gasteiger partial charge on any atom is -0.481 e. The van der Waals surface area contributed by atoms with E-state index in [0.717, 1.165) is 13.5 Å². The third-order valence-electron chi connectivity index (χ3n) is 5.76. The largest absolute Gasteiger partial charge is 0.481 e. The van der Waals surface area contributed by atoms with Crippen LogP contribution in [-0.2, 0) is 24.5 Å². The molecule has 0 aromatic heterocycles. The lowest BCUT2D eigenvalue weighted by Gasteiger charge is -2.21. The third-order valence-corrected chi connectivity index (χ3v) is 7.06. The third kappa shape index (κ3) is 6.53. The summed E-state index contributed by atoms with van der Waals surface area (Å²) in [6.45, 7) is 7.22. The van der Waals surface area contributed by atoms with Crippen LogP contribution < -0.4 is 0 Å². The van der Waals surface area contributed by atoms with Crippen LogP contribution in [-0.4, -0.2) is 49.2 Å². The van der Waals surface area contributed by atoms with Gasteiger partial charge in [0, 0.05) is 19.8 Å². The molecule has 11 heteroatoms. The lowest BCUT2D eigenvalue weighted by molar-refractivity contribution is -0.442. The molecule has 0 bridgehead atoms. The highest BCUT2D eigenvalue weighted by Crippen LogP contribution is 2.47. The molecular formula is C22H32F4NO5S+. The average molecular weight is 499 g/mol. The highest BCUT2D eigenvalue weighted by molar-refractivity contribution is 7.86. The predicted octanol–water partition coefficient (Wildman–Crippen LogP) is 5.05. The fraction of sp³-hybridized carbons (Fsp3) is 0.636. The van der Waals surface area contributed by atoms with Crippen molar-refractivity contribution >= 4 is 27.5 Å². The van der Waals surface area contributed by atoms with Gasteiger partial charge in [-0.1, -0.05) is 20.3 Å². The molecule has 0 spiro atoms. The van der Waals surface area contributed by atoms with E-state index >= 15 is 0 Å². The van der Waals surface area contributed by atoms with Gasteiger partial charge in [-0.3, -0.25) is 8.98 Å². The summed E-state index contributed by atoms with van der Waals surface area (Å²) in [4.78, 5) is 9.60. The SMILES string of the molecule is CCCC(=O)O.CCCC1(C)C(C)=[N+](CCCCS(=O)(=O)OC)c2c(F)c(F)c(F)c(F)c21. The molecule has 0 amide bonds. The number of unbranched alkanes of at least 4 members (excludes halogenated alkanes) is 1. The molecule has 188 valence electrons. The smallest absolute Gasteiger partial charge is 0.303 e. The van der Waals surface area contributed by atoms with Crippen molar-refractivity contribution in [3.63, 3.8) is 0 Å². The Kier molecular flexibility index (Phi) is 10.5. The van der Waals surface area contributed by atoms with Crippen LogP contribution in [0.1, 0.15) is 71.8 Å². The number of carbonyl (C=O) groups is 1. The second-order valence-corrected chi connectivity index (χ2v) is 9.93. The first kappa shape index (κ1) is 29.0. The Bertz CT molecular complexity index is 1010. The number of nitrogens with zero attached hydrogens (tertiary/aromatic N) is 1. The van der Waals surface area contributed by atoms with Crippen molar-refractivity contribution in [2.24, 2.45) is 0 Å². The zero-order chi connectivity index (χ0) is 25.6. The Morgan fingerprint density at radius 1 is 1.03 bits per heavy atom. The summed E-state index contributed by atoms with van der Waals surface area (Å²) in [5.41, 5.74) is -0.865. The topological polar surface area (TPSA) is 83.7 Å². The Hall–Kier alpha value is -2.01. The first-order valence-electron chi connectivity index (χ1n) is 10.8. The molecule has 1 aliphatic heterocycles. The van der Waals surface area contributed by atoms with E-state index in [1.54, 1.807) is 13.8 Å². The number of carboxylic acids is 1. The lowest BCUT2D eigenvalue weighted by Crippen LogP contribution is -2.31. The summed E-state index contributed by atoms with van der Waals surface area (Å²) >= 11 is 0. The van der Waals surface area contributed by atoms with E-state index in [1.807, 2.05) is 13.8 Å². The maximum Gasteiger partial charge on any atom is 0.303 e. The lowest BCUT2D eigenvalue weighted by atomic mass is 9.76. The number of hydrogen-bond acceptors (Lipinski definition) is 4. The van der Waals surface area contributed by atoms with E-state index in [1.165, 1.54) is 4.58 Å². The number of hydrogen-bond donors (Lipinski definition) is 1. The van der Waals surface area contributed by atoms with E-state index in [0.29, 0.717) is 31.4 Å². The van der Waals surface area contributed by atoms with E-state index in [-0.39, 0.29) is 30.0 Å². The summed E-state index contributed by atoms with van der Waals surface area (Å²) in [5.74, 6) is -7.38. The molecule has 6 nitrogen and oxygen atoms in total. The normalized spacial score (nSPS) is 17.6. The van der Waals surface area contributed by atoms with Crippen molar-refractivity contribution in [1.29, 1.82) is 0 Å². The van der Waals surface area contributed by atoms with E-state index in [9.17, 15) is 30.8 Å². The van der Waals surface area contributed by atoms with E-state index < -0.39 is 44.8 Å². The zero-order valence-electron chi connectivity index (χ0n) is 19.6. The molecule has 1 aromatic carbocycles. The second-order valence-electron chi connectivity index (χ2n) is 8.08. The molecule has 0 saturated carbocycles. The van der Waals surface area contributed by atoms with Gasteiger partial charge in [-0.15, -0.1) is 0 Å². The molecule has 0 aliphatic carbocycles. The van der Waals surface area contributed by atoms with Gasteiger partial charge in [0.25, 0.3) is 15.8 Å². The molecule has 1 N–H and O–H groups in total. The monoisotopic (exact) mass is 498 g/mol. The van der Waals surface area contributed by atoms with Gasteiger partial charge in [-0.2, -0.15) is 17.4 Å². The molecule has 1 aromatic rings. The fourth-order valence-corrected chi connectivity index (χ4v) is 4.68. The van der Waals surface area contributed by atoms with E-state index in [2.05, 4.69) is 4.18 Å². The van der Waals surface area contributed by atoms with Crippen molar-refractivity contribution in [1.82, 2.24) is 0 Å². The number of benzene rings is 1. The molecule has 0 radical (unpaired) electrons. The van der Waals surface area contributed by atoms with Crippen LogP contribution in [0.15, 0.2) is 0 Å². The average Bonchev–Trinajstić information content (AvgIpc) is 2.96. The van der Waals surface area contributed by atoms with Gasteiger partial charge in [0.1, 0.15) is 6.54 Å². The summed E-state index contributed by atoms with van der Waals surface area (Å²) in [5, 5.41) is 7.91. The molecular weight excluding hydrogens is 466 g/mol. The van der Waals surface area contributed by atoms with Gasteiger partial charge >= 0.3 is 5.97 Å². The highest BCUT2D eigenvalue weighted by Gasteiger charge is 2.51. The molecule has 33 heavy (non-hydrogen) atoms. The number of carboxylic acid groups (broad SMARTS) is 1. The first-order valence-corrected chi connectivity index (χ1v) is 12.3. The summed E-state index contributed by atoms with van der Waals surface area (Å²) in [6.07, 6.45) is 2.64. The van der Waals surface area contributed by atoms with Crippen molar-refractivity contribution in [2.75, 3.05) is 19.4 Å². The van der Waals surface area contributed by atoms with Crippen molar-refractivity contribution in [2.45, 2.75) is 71.6 Å². The number of halogens is 4. The quantitative estimate of drug-likeness (QED) is 0.122. The number of rotatable bonds is 10. The summed E-state index contributed by atoms with van der Waals surface area (Å²) in [7, 11) is -2.55. The molecule has 0 fully saturated rings. The van der Waals surface area contributed by atoms with Crippen LogP contribution in [0.3, 0.4) is 0 Å². The van der Waals surface area contributed by atoms with E-state index in [4.69, 9.17) is 5.11 Å². The maximum absolute atomic E-state index is 14.6. The van der Waals surface area contributed by atoms with Gasteiger partial charge in [0.2, 0.25) is 11.6 Å². The van der Waals surface area contributed by atoms with Gasteiger partial charge in [0.15, 0.2) is 17.3 Å². The van der Waals surface area contributed by atoms with Crippen LogP contribution in [0.4, 0.5) is 23.2 Å². The molecule has 2 rings (SSSR count). The van der Waals surface area contributed by atoms with Crippen molar-refractivity contribution in [3.05, 3.63) is 28.8 Å². The van der Waals surface area contributed by atoms with Gasteiger partial charge < -0.3 is 5.11 Å². The van der Waals surface area contributed by atoms with Gasteiger partial charge in [-0.05, 0) is 26.2 Å². The summed E-state index contributed by atoms with van der Waals surface area (Å²) in [6, 6.07) is 0. The fourth-order valence-electron chi connectivity index (χ4n) is 3.95. The standard InChI is InChI=1S/C18H24F4NO3S.C4H8O2/c1-5-8-18(3)11(2)23(9-6-7-10-27(24,25)26-4)17-12(18)13(19)14(20)15(21)16(17)22;1-2-3-4(5)6/h5-10H2,1-4H3;2-3H2,1H3,(H,5,6)/q+1;. The molecule has 1 unspecified atom stereocenters. The van der Waals surface area contributed by atoms with Crippen LogP contribution in [0.25, 0.3) is 0 Å². The molecule has 1 heterocycles. The van der Waals surface area contributed by atoms with Crippen LogP contribution in [0.2, 0.25) is 0 Å². The minimum absolute atomic E-state index is 0.152. The van der Waals surface area contributed by atoms with Gasteiger partial charge in [-0.25, -0.2) is 13.2 Å². The van der Waals surface area contributed by atoms with Crippen LogP contribution in [0, 0.1) is 23.3 Å². The Morgan fingerprint density at radius 3 is 2.06 bits per heavy atom. The summed E-state index contributed by atoms with van der Waals surface area (Å²) < 4.78 is 85.4. The predicted molar refractivity (Wildman–Crippen MR) is 117 cm³/mol. The molecule has 0 saturated heterocycles. The Balaban J connectivity index is 0.000000801. The first-order chi connectivity index (χ1) is 15.3. The Morgan fingerprint density at radius 2 is 1.61 bits per heavy atom. The van der Waals surface area contributed by atoms with Crippen molar-refractivity contribution in [3.8, 4) is 0 Å². The highest BCUT2D eigenvalue weighted by atomic mass is 32.2. The van der Waals surface area contributed by atoms with Gasteiger partial charge in [0.05, 0.1) is 23.8 Å². The zero-order valence-corrected chi connectivity index (χ0v) is 20.4. The number of aliphatic carboxylic acids is 1.